The first-order valence-electron chi connectivity index (χ1n) is 4.10. The minimum atomic E-state index is 0.889. The van der Waals surface area contributed by atoms with E-state index in [-0.39, 0.29) is 0 Å². The fourth-order valence-corrected chi connectivity index (χ4v) is 1.90. The number of aromatic nitrogens is 2. The molecule has 0 aliphatic heterocycles. The predicted octanol–water partition coefficient (Wildman–Crippen LogP) is 2.03. The summed E-state index contributed by atoms with van der Waals surface area (Å²) in [7, 11) is 1.88. The van der Waals surface area contributed by atoms with Crippen LogP contribution in [0.4, 0.5) is 5.95 Å². The van der Waals surface area contributed by atoms with Crippen LogP contribution in [-0.2, 0) is 6.54 Å². The Labute approximate surface area is 81.0 Å². The Balaban J connectivity index is 2.18. The molecule has 2 rings (SSSR count). The number of nitrogens with zero attached hydrogens (tertiary/aromatic N) is 2. The van der Waals surface area contributed by atoms with E-state index in [0.717, 1.165) is 12.5 Å². The largest absolute Gasteiger partial charge is 0.359 e. The third kappa shape index (κ3) is 1.72. The molecular formula is C9H11N3S. The summed E-state index contributed by atoms with van der Waals surface area (Å²) < 4.78 is 2.09. The van der Waals surface area contributed by atoms with Crippen LogP contribution in [0.2, 0.25) is 0 Å². The first kappa shape index (κ1) is 8.31. The molecule has 2 aromatic rings. The van der Waals surface area contributed by atoms with Crippen LogP contribution in [0.15, 0.2) is 29.2 Å². The van der Waals surface area contributed by atoms with Crippen molar-refractivity contribution in [3.63, 3.8) is 0 Å². The highest BCUT2D eigenvalue weighted by atomic mass is 32.1. The van der Waals surface area contributed by atoms with Gasteiger partial charge in [-0.2, -0.15) is 11.3 Å². The van der Waals surface area contributed by atoms with Gasteiger partial charge in [-0.05, 0) is 22.4 Å². The summed E-state index contributed by atoms with van der Waals surface area (Å²) >= 11 is 1.72. The van der Waals surface area contributed by atoms with Crippen LogP contribution >= 0.6 is 11.3 Å². The third-order valence-corrected chi connectivity index (χ3v) is 2.60. The molecule has 0 spiro atoms. The minimum Gasteiger partial charge on any atom is -0.359 e. The van der Waals surface area contributed by atoms with E-state index in [4.69, 9.17) is 0 Å². The molecule has 0 aromatic carbocycles. The van der Waals surface area contributed by atoms with Crippen molar-refractivity contribution in [3.05, 3.63) is 34.8 Å². The molecular weight excluding hydrogens is 182 g/mol. The highest BCUT2D eigenvalue weighted by Gasteiger charge is 2.00. The molecule has 0 saturated carbocycles. The Morgan fingerprint density at radius 1 is 1.62 bits per heavy atom. The first-order chi connectivity index (χ1) is 6.40. The van der Waals surface area contributed by atoms with Crippen molar-refractivity contribution in [3.8, 4) is 0 Å². The molecule has 0 aliphatic rings. The van der Waals surface area contributed by atoms with Crippen LogP contribution in [0.25, 0.3) is 0 Å². The van der Waals surface area contributed by atoms with Gasteiger partial charge in [-0.25, -0.2) is 4.98 Å². The van der Waals surface area contributed by atoms with Gasteiger partial charge in [-0.3, -0.25) is 0 Å². The summed E-state index contributed by atoms with van der Waals surface area (Å²) in [5.41, 5.74) is 1.32. The molecule has 1 N–H and O–H groups in total. The molecule has 0 bridgehead atoms. The molecule has 0 aliphatic carbocycles. The summed E-state index contributed by atoms with van der Waals surface area (Å²) in [6, 6.07) is 2.13. The van der Waals surface area contributed by atoms with E-state index >= 15 is 0 Å². The van der Waals surface area contributed by atoms with Gasteiger partial charge < -0.3 is 9.88 Å². The maximum absolute atomic E-state index is 4.17. The number of hydrogen-bond acceptors (Lipinski definition) is 3. The first-order valence-corrected chi connectivity index (χ1v) is 5.04. The topological polar surface area (TPSA) is 29.9 Å². The van der Waals surface area contributed by atoms with Gasteiger partial charge in [0.1, 0.15) is 0 Å². The molecule has 68 valence electrons. The molecule has 0 amide bonds. The average Bonchev–Trinajstić information content (AvgIpc) is 2.76. The van der Waals surface area contributed by atoms with E-state index < -0.39 is 0 Å². The summed E-state index contributed by atoms with van der Waals surface area (Å²) in [6.45, 7) is 0.889. The smallest absolute Gasteiger partial charge is 0.202 e. The van der Waals surface area contributed by atoms with Crippen molar-refractivity contribution in [1.29, 1.82) is 0 Å². The zero-order valence-electron chi connectivity index (χ0n) is 7.40. The lowest BCUT2D eigenvalue weighted by atomic mass is 10.3. The Hall–Kier alpha value is -1.29. The van der Waals surface area contributed by atoms with Crippen LogP contribution in [0, 0.1) is 0 Å². The molecule has 13 heavy (non-hydrogen) atoms. The van der Waals surface area contributed by atoms with E-state index in [1.165, 1.54) is 5.56 Å². The fourth-order valence-electron chi connectivity index (χ4n) is 1.24. The summed E-state index contributed by atoms with van der Waals surface area (Å²) in [6.07, 6.45) is 3.78. The molecule has 0 saturated heterocycles. The quantitative estimate of drug-likeness (QED) is 0.808. The lowest BCUT2D eigenvalue weighted by molar-refractivity contribution is 0.808. The Kier molecular flexibility index (Phi) is 2.31. The maximum atomic E-state index is 4.17. The van der Waals surface area contributed by atoms with E-state index in [9.17, 15) is 0 Å². The second-order valence-corrected chi connectivity index (χ2v) is 3.54. The number of nitrogens with one attached hydrogen (secondary N) is 1. The van der Waals surface area contributed by atoms with Crippen LogP contribution in [0.1, 0.15) is 5.56 Å². The normalized spacial score (nSPS) is 10.2. The SMILES string of the molecule is CNc1nccn1Cc1ccsc1. The standard InChI is InChI=1S/C9H11N3S/c1-10-9-11-3-4-12(9)6-8-2-5-13-7-8/h2-5,7H,6H2,1H3,(H,10,11). The average molecular weight is 193 g/mol. The van der Waals surface area contributed by atoms with Gasteiger partial charge in [-0.1, -0.05) is 0 Å². The van der Waals surface area contributed by atoms with E-state index in [0.29, 0.717) is 0 Å². The summed E-state index contributed by atoms with van der Waals surface area (Å²) in [5.74, 6) is 0.909. The van der Waals surface area contributed by atoms with Crippen LogP contribution in [-0.4, -0.2) is 16.6 Å². The zero-order chi connectivity index (χ0) is 9.10. The number of rotatable bonds is 3. The zero-order valence-corrected chi connectivity index (χ0v) is 8.21. The van der Waals surface area contributed by atoms with Gasteiger partial charge in [0.05, 0.1) is 6.54 Å². The molecule has 0 radical (unpaired) electrons. The number of thiophene rings is 1. The maximum Gasteiger partial charge on any atom is 0.202 e. The lowest BCUT2D eigenvalue weighted by Gasteiger charge is -2.04. The summed E-state index contributed by atoms with van der Waals surface area (Å²) in [4.78, 5) is 4.17. The van der Waals surface area contributed by atoms with Gasteiger partial charge >= 0.3 is 0 Å². The Morgan fingerprint density at radius 3 is 3.23 bits per heavy atom. The molecule has 2 aromatic heterocycles. The molecule has 0 atom stereocenters. The third-order valence-electron chi connectivity index (χ3n) is 1.87. The van der Waals surface area contributed by atoms with E-state index in [1.807, 2.05) is 13.2 Å². The number of imidazole rings is 1. The Morgan fingerprint density at radius 2 is 2.54 bits per heavy atom. The molecule has 0 fully saturated rings. The molecule has 4 heteroatoms. The minimum absolute atomic E-state index is 0.889. The van der Waals surface area contributed by atoms with E-state index in [2.05, 4.69) is 31.7 Å². The van der Waals surface area contributed by atoms with Crippen LogP contribution < -0.4 is 5.32 Å². The van der Waals surface area contributed by atoms with Gasteiger partial charge in [-0.15, -0.1) is 0 Å². The van der Waals surface area contributed by atoms with Gasteiger partial charge in [0, 0.05) is 19.4 Å². The number of anilines is 1. The highest BCUT2D eigenvalue weighted by molar-refractivity contribution is 7.07. The monoisotopic (exact) mass is 193 g/mol. The van der Waals surface area contributed by atoms with Crippen molar-refractivity contribution in [2.75, 3.05) is 12.4 Å². The predicted molar refractivity (Wildman–Crippen MR) is 55.2 cm³/mol. The van der Waals surface area contributed by atoms with Gasteiger partial charge in [0.2, 0.25) is 5.95 Å². The van der Waals surface area contributed by atoms with Crippen molar-refractivity contribution in [2.45, 2.75) is 6.54 Å². The second-order valence-electron chi connectivity index (χ2n) is 2.76. The van der Waals surface area contributed by atoms with Crippen molar-refractivity contribution < 1.29 is 0 Å². The van der Waals surface area contributed by atoms with Gasteiger partial charge in [0.15, 0.2) is 0 Å². The summed E-state index contributed by atoms with van der Waals surface area (Å²) in [5, 5.41) is 7.28. The van der Waals surface area contributed by atoms with Crippen molar-refractivity contribution >= 4 is 17.3 Å². The highest BCUT2D eigenvalue weighted by Crippen LogP contribution is 2.11. The molecule has 2 heterocycles. The van der Waals surface area contributed by atoms with Crippen molar-refractivity contribution in [2.24, 2.45) is 0 Å². The fraction of sp³-hybridized carbons (Fsp3) is 0.222. The molecule has 0 unspecified atom stereocenters. The van der Waals surface area contributed by atoms with Gasteiger partial charge in [0.25, 0.3) is 0 Å². The second kappa shape index (κ2) is 3.62. The van der Waals surface area contributed by atoms with Crippen LogP contribution in [0.3, 0.4) is 0 Å². The van der Waals surface area contributed by atoms with Crippen molar-refractivity contribution in [1.82, 2.24) is 9.55 Å². The van der Waals surface area contributed by atoms with Crippen LogP contribution in [0.5, 0.6) is 0 Å². The Bertz CT molecular complexity index is 364. The molecule has 3 nitrogen and oxygen atoms in total. The lowest BCUT2D eigenvalue weighted by Crippen LogP contribution is -2.03. The number of hydrogen-bond donors (Lipinski definition) is 1. The van der Waals surface area contributed by atoms with E-state index in [1.54, 1.807) is 17.5 Å².